The highest BCUT2D eigenvalue weighted by Crippen LogP contribution is 2.37. The predicted octanol–water partition coefficient (Wildman–Crippen LogP) is 1.76. The third-order valence-corrected chi connectivity index (χ3v) is 4.57. The number of primary amides is 1. The minimum absolute atomic E-state index is 0.0780. The van der Waals surface area contributed by atoms with Gasteiger partial charge < -0.3 is 20.5 Å². The Labute approximate surface area is 120 Å². The van der Waals surface area contributed by atoms with Crippen molar-refractivity contribution in [1.82, 2.24) is 0 Å². The fourth-order valence-corrected chi connectivity index (χ4v) is 3.00. The molecule has 0 rings (SSSR count). The van der Waals surface area contributed by atoms with E-state index in [9.17, 15) is 19.3 Å². The van der Waals surface area contributed by atoms with E-state index in [4.69, 9.17) is 10.8 Å². The second-order valence-corrected chi connectivity index (χ2v) is 6.40. The molecule has 20 heavy (non-hydrogen) atoms. The van der Waals surface area contributed by atoms with Gasteiger partial charge in [-0.25, -0.2) is 0 Å². The topological polar surface area (TPSA) is 118 Å². The molecular weight excluding hydrogens is 281 g/mol. The van der Waals surface area contributed by atoms with E-state index in [0.717, 1.165) is 25.7 Å². The largest absolute Gasteiger partial charge is 0.481 e. The van der Waals surface area contributed by atoms with Gasteiger partial charge in [-0.1, -0.05) is 39.0 Å². The lowest BCUT2D eigenvalue weighted by molar-refractivity contribution is -0.148. The van der Waals surface area contributed by atoms with Gasteiger partial charge in [0.15, 0.2) is 0 Å². The van der Waals surface area contributed by atoms with Gasteiger partial charge >= 0.3 is 5.97 Å². The lowest BCUT2D eigenvalue weighted by Gasteiger charge is -2.29. The smallest absolute Gasteiger partial charge is 0.309 e. The Hall–Kier alpha value is -0.870. The zero-order chi connectivity index (χ0) is 15.6. The molecule has 0 aromatic rings. The number of amides is 1. The van der Waals surface area contributed by atoms with Crippen LogP contribution >= 0.6 is 8.46 Å². The normalized spacial score (nSPS) is 16.1. The van der Waals surface area contributed by atoms with Crippen molar-refractivity contribution in [2.75, 3.05) is 0 Å². The summed E-state index contributed by atoms with van der Waals surface area (Å²) in [5.41, 5.74) is 5.00. The van der Waals surface area contributed by atoms with Gasteiger partial charge in [0, 0.05) is 6.42 Å². The van der Waals surface area contributed by atoms with Crippen molar-refractivity contribution in [3.63, 3.8) is 0 Å². The summed E-state index contributed by atoms with van der Waals surface area (Å²) in [6.07, 6.45) is 4.68. The number of unbranched alkanes of at least 4 members (excludes halogenated alkanes) is 4. The van der Waals surface area contributed by atoms with Gasteiger partial charge in [0.2, 0.25) is 5.91 Å². The molecule has 3 atom stereocenters. The van der Waals surface area contributed by atoms with E-state index in [-0.39, 0.29) is 19.3 Å². The first kappa shape index (κ1) is 19.1. The molecule has 0 heterocycles. The lowest BCUT2D eigenvalue weighted by atomic mass is 9.91. The predicted molar refractivity (Wildman–Crippen MR) is 78.3 cm³/mol. The van der Waals surface area contributed by atoms with Crippen LogP contribution in [0.1, 0.15) is 58.3 Å². The van der Waals surface area contributed by atoms with E-state index in [1.807, 2.05) is 0 Å². The summed E-state index contributed by atoms with van der Waals surface area (Å²) in [5.74, 6) is -3.05. The van der Waals surface area contributed by atoms with Gasteiger partial charge in [0.1, 0.15) is 5.34 Å². The van der Waals surface area contributed by atoms with Crippen LogP contribution < -0.4 is 5.73 Å². The molecule has 0 fully saturated rings. The van der Waals surface area contributed by atoms with Crippen LogP contribution in [-0.2, 0) is 14.2 Å². The van der Waals surface area contributed by atoms with Crippen molar-refractivity contribution in [3.05, 3.63) is 0 Å². The molecule has 0 aromatic carbocycles. The minimum Gasteiger partial charge on any atom is -0.481 e. The molecule has 0 aliphatic carbocycles. The lowest BCUT2D eigenvalue weighted by Crippen LogP contribution is -2.38. The average Bonchev–Trinajstić information content (AvgIpc) is 2.37. The van der Waals surface area contributed by atoms with Crippen LogP contribution in [0.5, 0.6) is 0 Å². The first-order valence-electron chi connectivity index (χ1n) is 7.07. The van der Waals surface area contributed by atoms with Crippen molar-refractivity contribution in [2.45, 2.75) is 63.6 Å². The summed E-state index contributed by atoms with van der Waals surface area (Å²) in [4.78, 5) is 22.0. The summed E-state index contributed by atoms with van der Waals surface area (Å²) in [7, 11) is -1.65. The highest BCUT2D eigenvalue weighted by atomic mass is 31.1. The van der Waals surface area contributed by atoms with Crippen molar-refractivity contribution >= 4 is 20.3 Å². The van der Waals surface area contributed by atoms with Crippen LogP contribution in [0.3, 0.4) is 0 Å². The number of rotatable bonds is 12. The Kier molecular flexibility index (Phi) is 9.51. The monoisotopic (exact) mass is 307 g/mol. The molecule has 0 aliphatic heterocycles. The van der Waals surface area contributed by atoms with Crippen LogP contribution in [0.25, 0.3) is 0 Å². The van der Waals surface area contributed by atoms with Crippen molar-refractivity contribution < 1.29 is 24.4 Å². The number of aliphatic carboxylic acids is 1. The second kappa shape index (κ2) is 9.94. The van der Waals surface area contributed by atoms with Gasteiger partial charge in [-0.05, 0) is 12.8 Å². The zero-order valence-corrected chi connectivity index (χ0v) is 13.2. The van der Waals surface area contributed by atoms with Crippen LogP contribution in [0.4, 0.5) is 0 Å². The van der Waals surface area contributed by atoms with Crippen LogP contribution in [0, 0.1) is 5.92 Å². The molecule has 118 valence electrons. The van der Waals surface area contributed by atoms with Gasteiger partial charge in [-0.2, -0.15) is 0 Å². The Morgan fingerprint density at radius 1 is 1.25 bits per heavy atom. The minimum atomic E-state index is -1.71. The Morgan fingerprint density at radius 2 is 1.85 bits per heavy atom. The van der Waals surface area contributed by atoms with E-state index in [1.165, 1.54) is 0 Å². The number of carboxylic acid groups (broad SMARTS) is 1. The number of carbonyl (C=O) groups is 2. The first-order chi connectivity index (χ1) is 9.37. The van der Waals surface area contributed by atoms with E-state index in [0.29, 0.717) is 6.42 Å². The number of carboxylic acids is 1. The molecule has 0 aliphatic rings. The molecule has 1 amide bonds. The molecule has 0 spiro atoms. The summed E-state index contributed by atoms with van der Waals surface area (Å²) < 4.78 is 11.3. The fourth-order valence-electron chi connectivity index (χ4n) is 2.20. The second-order valence-electron chi connectivity index (χ2n) is 5.17. The molecule has 0 radical (unpaired) electrons. The molecule has 0 saturated carbocycles. The molecule has 0 bridgehead atoms. The summed E-state index contributed by atoms with van der Waals surface area (Å²) in [6.45, 7) is 2.09. The quantitative estimate of drug-likeness (QED) is 0.375. The molecular formula is C13H26NO5P. The highest BCUT2D eigenvalue weighted by Gasteiger charge is 2.40. The van der Waals surface area contributed by atoms with Crippen LogP contribution in [0.2, 0.25) is 0 Å². The Morgan fingerprint density at radius 3 is 2.30 bits per heavy atom. The van der Waals surface area contributed by atoms with Gasteiger partial charge in [0.05, 0.1) is 14.4 Å². The van der Waals surface area contributed by atoms with E-state index >= 15 is 0 Å². The van der Waals surface area contributed by atoms with E-state index in [2.05, 4.69) is 6.92 Å². The molecule has 7 heteroatoms. The van der Waals surface area contributed by atoms with Crippen LogP contribution in [0.15, 0.2) is 0 Å². The Bertz CT molecular complexity index is 337. The van der Waals surface area contributed by atoms with Gasteiger partial charge in [-0.15, -0.1) is 0 Å². The first-order valence-corrected chi connectivity index (χ1v) is 8.12. The summed E-state index contributed by atoms with van der Waals surface area (Å²) in [6, 6.07) is 0. The number of carbonyl (C=O) groups excluding carboxylic acids is 1. The van der Waals surface area contributed by atoms with Crippen molar-refractivity contribution in [2.24, 2.45) is 11.7 Å². The molecule has 0 aromatic heterocycles. The number of nitrogens with two attached hydrogens (primary N) is 1. The number of hydrogen-bond acceptors (Lipinski definition) is 4. The average molecular weight is 307 g/mol. The van der Waals surface area contributed by atoms with Crippen molar-refractivity contribution in [3.8, 4) is 0 Å². The third kappa shape index (κ3) is 7.06. The SMILES string of the molecule is CCCCCCCC(O)([PH2]=O)C(CCC(N)=O)C(=O)O. The fraction of sp³-hybridized carbons (Fsp3) is 0.846. The zero-order valence-electron chi connectivity index (χ0n) is 12.0. The van der Waals surface area contributed by atoms with Crippen molar-refractivity contribution in [1.29, 1.82) is 0 Å². The summed E-state index contributed by atoms with van der Waals surface area (Å²) >= 11 is 0. The maximum absolute atomic E-state index is 11.3. The Balaban J connectivity index is 4.55. The molecule has 4 N–H and O–H groups in total. The molecule has 3 unspecified atom stereocenters. The highest BCUT2D eigenvalue weighted by molar-refractivity contribution is 7.25. The maximum Gasteiger partial charge on any atom is 0.309 e. The van der Waals surface area contributed by atoms with Gasteiger partial charge in [-0.3, -0.25) is 9.59 Å². The maximum atomic E-state index is 11.3. The van der Waals surface area contributed by atoms with Crippen LogP contribution in [-0.4, -0.2) is 27.4 Å². The molecule has 6 nitrogen and oxygen atoms in total. The summed E-state index contributed by atoms with van der Waals surface area (Å²) in [5, 5.41) is 17.8. The number of aliphatic hydroxyl groups is 1. The molecule has 0 saturated heterocycles. The van der Waals surface area contributed by atoms with Gasteiger partial charge in [0.25, 0.3) is 0 Å². The standard InChI is InChI=1S/C13H26NO5P/c1-2-3-4-5-6-9-13(18,20-19)10(12(16)17)7-8-11(14)15/h10,18H,2-9,20H2,1H3,(H2,14,15)(H,16,17). The van der Waals surface area contributed by atoms with E-state index < -0.39 is 31.6 Å². The third-order valence-electron chi connectivity index (χ3n) is 3.47. The van der Waals surface area contributed by atoms with E-state index in [1.54, 1.807) is 0 Å². The number of hydrogen-bond donors (Lipinski definition) is 3.